The molecule has 0 atom stereocenters. The summed E-state index contributed by atoms with van der Waals surface area (Å²) in [5, 5.41) is 19.4. The van der Waals surface area contributed by atoms with Crippen LogP contribution in [-0.2, 0) is 0 Å². The number of halogens is 1. The number of hydrogen-bond donors (Lipinski definition) is 1. The fourth-order valence-corrected chi connectivity index (χ4v) is 2.23. The first-order valence-corrected chi connectivity index (χ1v) is 6.68. The van der Waals surface area contributed by atoms with Gasteiger partial charge in [-0.05, 0) is 52.1 Å². The number of aromatic nitrogens is 1. The van der Waals surface area contributed by atoms with Gasteiger partial charge in [-0.15, -0.1) is 0 Å². The van der Waals surface area contributed by atoms with Crippen LogP contribution < -0.4 is 4.74 Å². The molecule has 2 rings (SSSR count). The molecule has 0 aliphatic rings. The number of nitrogens with zero attached hydrogens (tertiary/aromatic N) is 2. The maximum Gasteiger partial charge on any atom is 0.347 e. The van der Waals surface area contributed by atoms with Crippen molar-refractivity contribution < 1.29 is 19.6 Å². The van der Waals surface area contributed by atoms with Crippen molar-refractivity contribution in [3.63, 3.8) is 0 Å². The second-order valence-electron chi connectivity index (χ2n) is 3.27. The quantitative estimate of drug-likeness (QED) is 0.487. The van der Waals surface area contributed by atoms with Gasteiger partial charge in [-0.3, -0.25) is 10.1 Å². The van der Waals surface area contributed by atoms with E-state index in [1.807, 2.05) is 22.6 Å². The monoisotopic (exact) mass is 392 g/mol. The van der Waals surface area contributed by atoms with Gasteiger partial charge in [0.25, 0.3) is 5.19 Å². The maximum atomic E-state index is 10.8. The highest BCUT2D eigenvalue weighted by Gasteiger charge is 2.15. The molecule has 1 aromatic carbocycles. The lowest BCUT2D eigenvalue weighted by molar-refractivity contribution is -0.380. The summed E-state index contributed by atoms with van der Waals surface area (Å²) in [6.45, 7) is 0. The highest BCUT2D eigenvalue weighted by atomic mass is 127. The Hall–Kier alpha value is -1.75. The van der Waals surface area contributed by atoms with Crippen molar-refractivity contribution >= 4 is 44.9 Å². The summed E-state index contributed by atoms with van der Waals surface area (Å²) in [5.74, 6) is -0.781. The number of ether oxygens (including phenoxy) is 1. The predicted octanol–water partition coefficient (Wildman–Crippen LogP) is 3.15. The van der Waals surface area contributed by atoms with Gasteiger partial charge in [-0.2, -0.15) is 0 Å². The number of thiazole rings is 1. The zero-order chi connectivity index (χ0) is 14.0. The third kappa shape index (κ3) is 3.17. The molecule has 2 aromatic rings. The summed E-state index contributed by atoms with van der Waals surface area (Å²) in [4.78, 5) is 24.6. The normalized spacial score (nSPS) is 10.2. The smallest absolute Gasteiger partial charge is 0.347 e. The van der Waals surface area contributed by atoms with Crippen molar-refractivity contribution in [2.75, 3.05) is 0 Å². The number of carboxylic acid groups (broad SMARTS) is 1. The van der Waals surface area contributed by atoms with E-state index >= 15 is 0 Å². The van der Waals surface area contributed by atoms with Crippen LogP contribution in [0.1, 0.15) is 10.4 Å². The van der Waals surface area contributed by atoms with Crippen molar-refractivity contribution in [3.8, 4) is 10.9 Å². The van der Waals surface area contributed by atoms with Crippen molar-refractivity contribution in [2.24, 2.45) is 0 Å². The van der Waals surface area contributed by atoms with Crippen molar-refractivity contribution in [1.82, 2.24) is 4.98 Å². The fourth-order valence-electron chi connectivity index (χ4n) is 1.19. The van der Waals surface area contributed by atoms with Gasteiger partial charge in [0.1, 0.15) is 11.9 Å². The number of carboxylic acids is 1. The van der Waals surface area contributed by atoms with Crippen LogP contribution in [0.15, 0.2) is 24.4 Å². The van der Waals surface area contributed by atoms with E-state index in [4.69, 9.17) is 9.84 Å². The number of carbonyl (C=O) groups is 1. The van der Waals surface area contributed by atoms with Crippen LogP contribution in [0.25, 0.3) is 0 Å². The first kappa shape index (κ1) is 13.7. The van der Waals surface area contributed by atoms with Gasteiger partial charge in [0.15, 0.2) is 0 Å². The summed E-state index contributed by atoms with van der Waals surface area (Å²) in [6, 6.07) is 4.37. The van der Waals surface area contributed by atoms with Gasteiger partial charge in [-0.1, -0.05) is 0 Å². The lowest BCUT2D eigenvalue weighted by atomic mass is 10.2. The fraction of sp³-hybridized carbons (Fsp3) is 0. The van der Waals surface area contributed by atoms with Crippen LogP contribution in [0.3, 0.4) is 0 Å². The molecule has 1 aromatic heterocycles. The minimum Gasteiger partial charge on any atom is -0.478 e. The van der Waals surface area contributed by atoms with Gasteiger partial charge < -0.3 is 9.84 Å². The van der Waals surface area contributed by atoms with E-state index in [0.717, 1.165) is 17.5 Å². The van der Waals surface area contributed by atoms with Gasteiger partial charge in [-0.25, -0.2) is 9.78 Å². The van der Waals surface area contributed by atoms with Gasteiger partial charge in [0.05, 0.1) is 14.1 Å². The molecule has 0 saturated carbocycles. The molecule has 0 bridgehead atoms. The largest absolute Gasteiger partial charge is 0.478 e. The number of aromatic carboxylic acids is 1. The van der Waals surface area contributed by atoms with Crippen LogP contribution in [-0.4, -0.2) is 21.0 Å². The molecule has 1 heterocycles. The predicted molar refractivity (Wildman–Crippen MR) is 75.0 cm³/mol. The second kappa shape index (κ2) is 5.48. The first-order valence-electron chi connectivity index (χ1n) is 4.78. The van der Waals surface area contributed by atoms with Crippen LogP contribution in [0.4, 0.5) is 5.00 Å². The SMILES string of the molecule is O=C(O)c1ccc(I)c(Oc2ncc([N+](=O)[O-])s2)c1. The van der Waals surface area contributed by atoms with E-state index in [9.17, 15) is 14.9 Å². The summed E-state index contributed by atoms with van der Waals surface area (Å²) >= 11 is 2.75. The van der Waals surface area contributed by atoms with Crippen LogP contribution in [0.5, 0.6) is 10.9 Å². The minimum absolute atomic E-state index is 0.0708. The number of nitro groups is 1. The van der Waals surface area contributed by atoms with Crippen molar-refractivity contribution in [2.45, 2.75) is 0 Å². The highest BCUT2D eigenvalue weighted by Crippen LogP contribution is 2.33. The molecule has 0 unspecified atom stereocenters. The van der Waals surface area contributed by atoms with Crippen LogP contribution in [0, 0.1) is 13.7 Å². The molecule has 0 spiro atoms. The standard InChI is InChI=1S/C10H5IN2O5S/c11-6-2-1-5(9(14)15)3-7(6)18-10-12-4-8(19-10)13(16)17/h1-4H,(H,14,15). The second-order valence-corrected chi connectivity index (χ2v) is 5.41. The Kier molecular flexibility index (Phi) is 3.95. The molecule has 1 N–H and O–H groups in total. The average Bonchev–Trinajstić information content (AvgIpc) is 2.80. The number of rotatable bonds is 4. The lowest BCUT2D eigenvalue weighted by Gasteiger charge is -2.05. The molecule has 0 amide bonds. The van der Waals surface area contributed by atoms with E-state index in [1.54, 1.807) is 6.07 Å². The topological polar surface area (TPSA) is 103 Å². The zero-order valence-electron chi connectivity index (χ0n) is 9.07. The van der Waals surface area contributed by atoms with Crippen molar-refractivity contribution in [1.29, 1.82) is 0 Å². The van der Waals surface area contributed by atoms with E-state index < -0.39 is 10.9 Å². The molecule has 0 aliphatic heterocycles. The molecule has 19 heavy (non-hydrogen) atoms. The molecule has 0 aliphatic carbocycles. The van der Waals surface area contributed by atoms with E-state index in [1.165, 1.54) is 12.1 Å². The van der Waals surface area contributed by atoms with Gasteiger partial charge in [0, 0.05) is 0 Å². The molecular formula is C10H5IN2O5S. The average molecular weight is 392 g/mol. The molecule has 98 valence electrons. The Morgan fingerprint density at radius 3 is 2.84 bits per heavy atom. The maximum absolute atomic E-state index is 10.8. The third-order valence-corrected chi connectivity index (χ3v) is 3.75. The molecule has 7 nitrogen and oxygen atoms in total. The third-order valence-electron chi connectivity index (χ3n) is 2.03. The summed E-state index contributed by atoms with van der Waals surface area (Å²) < 4.78 is 6.04. The summed E-state index contributed by atoms with van der Waals surface area (Å²) in [6.07, 6.45) is 1.09. The Bertz CT molecular complexity index is 657. The summed E-state index contributed by atoms with van der Waals surface area (Å²) in [7, 11) is 0. The van der Waals surface area contributed by atoms with Crippen molar-refractivity contribution in [3.05, 3.63) is 43.6 Å². The lowest BCUT2D eigenvalue weighted by Crippen LogP contribution is -1.97. The Balaban J connectivity index is 2.29. The summed E-state index contributed by atoms with van der Waals surface area (Å²) in [5.41, 5.74) is 0.0708. The van der Waals surface area contributed by atoms with Gasteiger partial charge in [0.2, 0.25) is 0 Å². The Morgan fingerprint density at radius 1 is 1.53 bits per heavy atom. The van der Waals surface area contributed by atoms with Crippen LogP contribution >= 0.6 is 33.9 Å². The van der Waals surface area contributed by atoms with Gasteiger partial charge >= 0.3 is 11.0 Å². The minimum atomic E-state index is -1.08. The van der Waals surface area contributed by atoms with E-state index in [0.29, 0.717) is 9.32 Å². The first-order chi connectivity index (χ1) is 8.97. The van der Waals surface area contributed by atoms with E-state index in [-0.39, 0.29) is 15.8 Å². The number of hydrogen-bond acceptors (Lipinski definition) is 6. The Labute approximate surface area is 124 Å². The molecule has 0 radical (unpaired) electrons. The number of benzene rings is 1. The molecular weight excluding hydrogens is 387 g/mol. The zero-order valence-corrected chi connectivity index (χ0v) is 12.0. The Morgan fingerprint density at radius 2 is 2.26 bits per heavy atom. The molecule has 0 fully saturated rings. The molecule has 9 heteroatoms. The molecule has 0 saturated heterocycles. The highest BCUT2D eigenvalue weighted by molar-refractivity contribution is 14.1. The van der Waals surface area contributed by atoms with E-state index in [2.05, 4.69) is 4.98 Å². The van der Waals surface area contributed by atoms with Crippen LogP contribution in [0.2, 0.25) is 0 Å².